The highest BCUT2D eigenvalue weighted by molar-refractivity contribution is 5.44. The standard InChI is InChI=1S/C13H21NO2/c1-4-13(2,3)9-14-8-10-6-5-7-11(15)12(10)16/h5-7,14-16H,4,8-9H2,1-3H3. The molecule has 3 N–H and O–H groups in total. The molecule has 0 aromatic heterocycles. The van der Waals surface area contributed by atoms with Crippen molar-refractivity contribution in [3.05, 3.63) is 23.8 Å². The van der Waals surface area contributed by atoms with Crippen molar-refractivity contribution in [2.24, 2.45) is 5.41 Å². The Labute approximate surface area is 97.1 Å². The summed E-state index contributed by atoms with van der Waals surface area (Å²) in [7, 11) is 0. The summed E-state index contributed by atoms with van der Waals surface area (Å²) < 4.78 is 0. The van der Waals surface area contributed by atoms with Crippen LogP contribution < -0.4 is 5.32 Å². The van der Waals surface area contributed by atoms with Gasteiger partial charge in [-0.3, -0.25) is 0 Å². The minimum Gasteiger partial charge on any atom is -0.504 e. The number of phenolic OH excluding ortho intramolecular Hbond substituents is 2. The van der Waals surface area contributed by atoms with Gasteiger partial charge < -0.3 is 15.5 Å². The molecule has 0 aliphatic heterocycles. The van der Waals surface area contributed by atoms with Crippen molar-refractivity contribution in [1.29, 1.82) is 0 Å². The first kappa shape index (κ1) is 12.8. The second kappa shape index (κ2) is 5.21. The molecule has 1 aromatic carbocycles. The molecule has 0 spiro atoms. The normalized spacial score (nSPS) is 11.7. The van der Waals surface area contributed by atoms with Gasteiger partial charge in [-0.2, -0.15) is 0 Å². The zero-order chi connectivity index (χ0) is 12.2. The molecule has 0 aliphatic rings. The maximum Gasteiger partial charge on any atom is 0.161 e. The molecule has 0 unspecified atom stereocenters. The van der Waals surface area contributed by atoms with E-state index in [0.29, 0.717) is 6.54 Å². The summed E-state index contributed by atoms with van der Waals surface area (Å²) in [6.07, 6.45) is 1.10. The van der Waals surface area contributed by atoms with Gasteiger partial charge in [-0.05, 0) is 17.9 Å². The lowest BCUT2D eigenvalue weighted by Crippen LogP contribution is -2.28. The minimum atomic E-state index is -0.0611. The first-order valence-corrected chi connectivity index (χ1v) is 5.67. The van der Waals surface area contributed by atoms with Crippen molar-refractivity contribution in [3.8, 4) is 11.5 Å². The van der Waals surface area contributed by atoms with Crippen LogP contribution in [0, 0.1) is 5.41 Å². The number of hydrogen-bond donors (Lipinski definition) is 3. The number of phenols is 2. The lowest BCUT2D eigenvalue weighted by molar-refractivity contribution is 0.325. The van der Waals surface area contributed by atoms with Gasteiger partial charge in [0.25, 0.3) is 0 Å². The van der Waals surface area contributed by atoms with Crippen LogP contribution in [0.4, 0.5) is 0 Å². The van der Waals surface area contributed by atoms with Gasteiger partial charge in [0.05, 0.1) is 0 Å². The van der Waals surface area contributed by atoms with Gasteiger partial charge in [0, 0.05) is 18.7 Å². The van der Waals surface area contributed by atoms with E-state index in [9.17, 15) is 10.2 Å². The molecular formula is C13H21NO2. The molecule has 16 heavy (non-hydrogen) atoms. The summed E-state index contributed by atoms with van der Waals surface area (Å²) in [4.78, 5) is 0. The molecule has 0 atom stereocenters. The molecule has 0 saturated heterocycles. The fourth-order valence-electron chi connectivity index (χ4n) is 1.38. The molecule has 0 amide bonds. The highest BCUT2D eigenvalue weighted by Gasteiger charge is 2.14. The highest BCUT2D eigenvalue weighted by Crippen LogP contribution is 2.28. The van der Waals surface area contributed by atoms with Gasteiger partial charge in [0.2, 0.25) is 0 Å². The lowest BCUT2D eigenvalue weighted by Gasteiger charge is -2.23. The zero-order valence-electron chi connectivity index (χ0n) is 10.2. The number of benzene rings is 1. The van der Waals surface area contributed by atoms with E-state index in [1.807, 2.05) is 0 Å². The van der Waals surface area contributed by atoms with Crippen molar-refractivity contribution in [1.82, 2.24) is 5.32 Å². The van der Waals surface area contributed by atoms with Gasteiger partial charge in [-0.25, -0.2) is 0 Å². The second-order valence-corrected chi connectivity index (χ2v) is 4.91. The van der Waals surface area contributed by atoms with Gasteiger partial charge in [0.15, 0.2) is 11.5 Å². The second-order valence-electron chi connectivity index (χ2n) is 4.91. The molecular weight excluding hydrogens is 202 g/mol. The Balaban J connectivity index is 2.53. The first-order valence-electron chi connectivity index (χ1n) is 5.67. The largest absolute Gasteiger partial charge is 0.504 e. The molecule has 0 bridgehead atoms. The van der Waals surface area contributed by atoms with E-state index in [-0.39, 0.29) is 16.9 Å². The third kappa shape index (κ3) is 3.42. The SMILES string of the molecule is CCC(C)(C)CNCc1cccc(O)c1O. The van der Waals surface area contributed by atoms with Crippen LogP contribution in [-0.2, 0) is 6.54 Å². The predicted octanol–water partition coefficient (Wildman–Crippen LogP) is 2.62. The Morgan fingerprint density at radius 2 is 1.94 bits per heavy atom. The predicted molar refractivity (Wildman–Crippen MR) is 65.6 cm³/mol. The Kier molecular flexibility index (Phi) is 4.19. The van der Waals surface area contributed by atoms with E-state index in [1.165, 1.54) is 6.07 Å². The summed E-state index contributed by atoms with van der Waals surface area (Å²) >= 11 is 0. The Morgan fingerprint density at radius 3 is 2.56 bits per heavy atom. The molecule has 1 rings (SSSR count). The number of nitrogens with one attached hydrogen (secondary N) is 1. The van der Waals surface area contributed by atoms with Crippen LogP contribution in [-0.4, -0.2) is 16.8 Å². The molecule has 0 saturated carbocycles. The monoisotopic (exact) mass is 223 g/mol. The van der Waals surface area contributed by atoms with E-state index in [1.54, 1.807) is 12.1 Å². The number of para-hydroxylation sites is 1. The van der Waals surface area contributed by atoms with Gasteiger partial charge in [-0.15, -0.1) is 0 Å². The van der Waals surface area contributed by atoms with Gasteiger partial charge in [0.1, 0.15) is 0 Å². The van der Waals surface area contributed by atoms with Crippen LogP contribution in [0.15, 0.2) is 18.2 Å². The van der Waals surface area contributed by atoms with Crippen LogP contribution in [0.2, 0.25) is 0 Å². The Bertz CT molecular complexity index is 348. The quantitative estimate of drug-likeness (QED) is 0.673. The van der Waals surface area contributed by atoms with Crippen LogP contribution >= 0.6 is 0 Å². The lowest BCUT2D eigenvalue weighted by atomic mass is 9.90. The van der Waals surface area contributed by atoms with E-state index in [2.05, 4.69) is 26.1 Å². The van der Waals surface area contributed by atoms with Crippen LogP contribution in [0.5, 0.6) is 11.5 Å². The van der Waals surface area contributed by atoms with Crippen LogP contribution in [0.3, 0.4) is 0 Å². The smallest absolute Gasteiger partial charge is 0.161 e. The average molecular weight is 223 g/mol. The number of hydrogen-bond acceptors (Lipinski definition) is 3. The van der Waals surface area contributed by atoms with Crippen molar-refractivity contribution < 1.29 is 10.2 Å². The molecule has 0 radical (unpaired) electrons. The van der Waals surface area contributed by atoms with Gasteiger partial charge >= 0.3 is 0 Å². The van der Waals surface area contributed by atoms with Gasteiger partial charge in [-0.1, -0.05) is 32.9 Å². The number of aromatic hydroxyl groups is 2. The first-order chi connectivity index (χ1) is 7.46. The van der Waals surface area contributed by atoms with Crippen molar-refractivity contribution >= 4 is 0 Å². The maximum absolute atomic E-state index is 9.59. The summed E-state index contributed by atoms with van der Waals surface area (Å²) in [5, 5.41) is 22.2. The summed E-state index contributed by atoms with van der Waals surface area (Å²) in [5.41, 5.74) is 0.985. The molecule has 3 nitrogen and oxygen atoms in total. The van der Waals surface area contributed by atoms with E-state index >= 15 is 0 Å². The summed E-state index contributed by atoms with van der Waals surface area (Å²) in [6, 6.07) is 5.02. The van der Waals surface area contributed by atoms with E-state index < -0.39 is 0 Å². The Hall–Kier alpha value is -1.22. The maximum atomic E-state index is 9.59. The average Bonchev–Trinajstić information content (AvgIpc) is 2.24. The fraction of sp³-hybridized carbons (Fsp3) is 0.538. The molecule has 0 heterocycles. The highest BCUT2D eigenvalue weighted by atomic mass is 16.3. The minimum absolute atomic E-state index is 0.0238. The van der Waals surface area contributed by atoms with Crippen LogP contribution in [0.25, 0.3) is 0 Å². The molecule has 0 aliphatic carbocycles. The molecule has 1 aromatic rings. The van der Waals surface area contributed by atoms with E-state index in [4.69, 9.17) is 0 Å². The van der Waals surface area contributed by atoms with Crippen molar-refractivity contribution in [3.63, 3.8) is 0 Å². The zero-order valence-corrected chi connectivity index (χ0v) is 10.2. The van der Waals surface area contributed by atoms with E-state index in [0.717, 1.165) is 18.5 Å². The third-order valence-electron chi connectivity index (χ3n) is 2.97. The fourth-order valence-corrected chi connectivity index (χ4v) is 1.38. The molecule has 3 heteroatoms. The third-order valence-corrected chi connectivity index (χ3v) is 2.97. The number of rotatable bonds is 5. The van der Waals surface area contributed by atoms with Crippen LogP contribution in [0.1, 0.15) is 32.8 Å². The summed E-state index contributed by atoms with van der Waals surface area (Å²) in [5.74, 6) is -0.0849. The molecule has 90 valence electrons. The topological polar surface area (TPSA) is 52.5 Å². The summed E-state index contributed by atoms with van der Waals surface area (Å²) in [6.45, 7) is 8.01. The molecule has 0 fully saturated rings. The Morgan fingerprint density at radius 1 is 1.25 bits per heavy atom. The van der Waals surface area contributed by atoms with Crippen molar-refractivity contribution in [2.45, 2.75) is 33.7 Å². The van der Waals surface area contributed by atoms with Crippen molar-refractivity contribution in [2.75, 3.05) is 6.54 Å².